The van der Waals surface area contributed by atoms with Crippen LogP contribution < -0.4 is 0 Å². The maximum absolute atomic E-state index is 15.0. The zero-order valence-corrected chi connectivity index (χ0v) is 28.1. The number of furan rings is 1. The van der Waals surface area contributed by atoms with E-state index in [1.807, 2.05) is 19.9 Å². The highest BCUT2D eigenvalue weighted by Gasteiger charge is 2.92. The molecule has 4 aliphatic heterocycles. The van der Waals surface area contributed by atoms with Crippen LogP contribution in [0.25, 0.3) is 0 Å². The van der Waals surface area contributed by atoms with E-state index in [0.29, 0.717) is 25.0 Å². The van der Waals surface area contributed by atoms with Crippen LogP contribution in [0.15, 0.2) is 16.7 Å². The summed E-state index contributed by atoms with van der Waals surface area (Å²) < 4.78 is 31.7. The molecule has 0 aromatic carbocycles. The van der Waals surface area contributed by atoms with Gasteiger partial charge in [-0.15, -0.1) is 0 Å². The molecule has 0 bridgehead atoms. The van der Waals surface area contributed by atoms with Crippen molar-refractivity contribution in [2.24, 2.45) is 39.9 Å². The van der Waals surface area contributed by atoms with Crippen molar-refractivity contribution in [1.82, 2.24) is 0 Å². The molecule has 0 radical (unpaired) electrons. The number of aliphatic hydroxyl groups excluding tert-OH is 2. The van der Waals surface area contributed by atoms with E-state index in [1.54, 1.807) is 6.26 Å². The number of Topliss-reactive ketones (excluding diaryl/α,β-unsaturated/α-hetero) is 1. The zero-order valence-electron chi connectivity index (χ0n) is 28.1. The van der Waals surface area contributed by atoms with Crippen LogP contribution in [0.1, 0.15) is 109 Å². The molecular weight excluding hydrogens is 604 g/mol. The Kier molecular flexibility index (Phi) is 7.22. The quantitative estimate of drug-likeness (QED) is 0.316. The van der Waals surface area contributed by atoms with Crippen LogP contribution in [0, 0.1) is 39.9 Å². The number of carbonyl (C=O) groups is 3. The van der Waals surface area contributed by atoms with Crippen LogP contribution in [0.5, 0.6) is 0 Å². The smallest absolute Gasteiger partial charge is 0.339 e. The molecule has 47 heavy (non-hydrogen) atoms. The minimum atomic E-state index is -1.38. The highest BCUT2D eigenvalue weighted by molar-refractivity contribution is 5.92. The summed E-state index contributed by atoms with van der Waals surface area (Å²) in [5, 5.41) is 22.9. The first-order valence-electron chi connectivity index (χ1n) is 18.0. The average Bonchev–Trinajstić information content (AvgIpc) is 3.58. The fraction of sp³-hybridized carbons (Fsp3) is 0.811. The lowest BCUT2D eigenvalue weighted by Gasteiger charge is -2.70. The van der Waals surface area contributed by atoms with E-state index < -0.39 is 63.8 Å². The van der Waals surface area contributed by atoms with Crippen molar-refractivity contribution in [3.63, 3.8) is 0 Å². The summed E-state index contributed by atoms with van der Waals surface area (Å²) in [6.07, 6.45) is 6.28. The van der Waals surface area contributed by atoms with Crippen molar-refractivity contribution >= 4 is 17.7 Å². The second kappa shape index (κ2) is 10.6. The number of carbonyl (C=O) groups excluding carboxylic acids is 3. The van der Waals surface area contributed by atoms with Gasteiger partial charge in [0.1, 0.15) is 30.2 Å². The number of ketones is 1. The van der Waals surface area contributed by atoms with Crippen molar-refractivity contribution in [3.05, 3.63) is 23.7 Å². The van der Waals surface area contributed by atoms with Gasteiger partial charge in [0, 0.05) is 34.8 Å². The Labute approximate surface area is 276 Å². The summed E-state index contributed by atoms with van der Waals surface area (Å²) in [7, 11) is 0. The van der Waals surface area contributed by atoms with Crippen LogP contribution in [0.2, 0.25) is 0 Å². The summed E-state index contributed by atoms with van der Waals surface area (Å²) >= 11 is 0. The summed E-state index contributed by atoms with van der Waals surface area (Å²) in [5.41, 5.74) is -4.06. The molecule has 1 aromatic heterocycles. The average molecular weight is 655 g/mol. The second-order valence-electron chi connectivity index (χ2n) is 16.6. The fourth-order valence-electron chi connectivity index (χ4n) is 12.7. The van der Waals surface area contributed by atoms with Crippen LogP contribution >= 0.6 is 0 Å². The normalized spacial score (nSPS) is 45.9. The molecule has 10 nitrogen and oxygen atoms in total. The Morgan fingerprint density at radius 3 is 2.51 bits per heavy atom. The topological polar surface area (TPSA) is 145 Å². The Bertz CT molecular complexity index is 1460. The van der Waals surface area contributed by atoms with Gasteiger partial charge >= 0.3 is 11.9 Å². The van der Waals surface area contributed by atoms with Gasteiger partial charge in [-0.25, -0.2) is 4.79 Å². The molecule has 7 aliphatic rings. The molecule has 10 heteroatoms. The Balaban J connectivity index is 1.32. The van der Waals surface area contributed by atoms with Crippen LogP contribution in [0.4, 0.5) is 0 Å². The molecule has 3 aliphatic carbocycles. The van der Waals surface area contributed by atoms with E-state index >= 15 is 0 Å². The van der Waals surface area contributed by atoms with Gasteiger partial charge in [0.2, 0.25) is 0 Å². The predicted molar refractivity (Wildman–Crippen MR) is 166 cm³/mol. The van der Waals surface area contributed by atoms with Gasteiger partial charge in [0.25, 0.3) is 0 Å². The first-order valence-corrected chi connectivity index (χ1v) is 18.0. The number of fused-ring (bicyclic) bond motifs is 1. The lowest BCUT2D eigenvalue weighted by Crippen LogP contribution is -2.79. The third kappa shape index (κ3) is 3.85. The van der Waals surface area contributed by atoms with Crippen molar-refractivity contribution in [2.45, 2.75) is 134 Å². The lowest BCUT2D eigenvalue weighted by molar-refractivity contribution is -0.275. The molecule has 3 saturated carbocycles. The SMILES string of the molecule is CCC[C@H](CO)Cc1occc1[C@@H]1OC(=O)[C@H]2O[C@]23[C@]2(C4CCCCC4)[C@H](O)C(=O)[C@@H]4C(C)(C)O[C@H]5CC(=O)OC[C@]54[C@H]2CC[C@@]13C. The molecular formula is C37H50O10. The summed E-state index contributed by atoms with van der Waals surface area (Å²) in [5.74, 6) is -1.44. The molecule has 1 aromatic rings. The van der Waals surface area contributed by atoms with Gasteiger partial charge in [-0.3, -0.25) is 9.59 Å². The maximum atomic E-state index is 15.0. The molecule has 5 heterocycles. The molecule has 11 atom stereocenters. The molecule has 2 spiro atoms. The number of ether oxygens (including phenoxy) is 4. The Morgan fingerprint density at radius 2 is 1.79 bits per heavy atom. The standard InChI is InChI=1S/C37H50O10/c1-5-9-20(18-38)16-23-22(13-15-43-23)30-34(4)14-12-24-35-19-44-26(39)17-25(35)46-33(2,3)28(35)27(40)29(41)36(24,21-10-7-6-8-11-21)37(34)31(47-37)32(42)45-30/h13,15,20-21,24-25,28-31,38,41H,5-12,14,16-19H2,1-4H3/t20-,24+,25-,28+,29+,30-,31+,34-,35-,36-,37+/m0/s1. The highest BCUT2D eigenvalue weighted by atomic mass is 16.7. The first-order chi connectivity index (χ1) is 22.4. The Morgan fingerprint density at radius 1 is 1.02 bits per heavy atom. The number of epoxide rings is 1. The third-order valence-electron chi connectivity index (χ3n) is 14.2. The number of hydrogen-bond acceptors (Lipinski definition) is 10. The van der Waals surface area contributed by atoms with Gasteiger partial charge in [-0.2, -0.15) is 0 Å². The summed E-state index contributed by atoms with van der Waals surface area (Å²) in [6.45, 7) is 8.08. The van der Waals surface area contributed by atoms with Crippen molar-refractivity contribution in [2.75, 3.05) is 13.2 Å². The highest BCUT2D eigenvalue weighted by Crippen LogP contribution is 2.82. The van der Waals surface area contributed by atoms with E-state index in [-0.39, 0.29) is 49.1 Å². The monoisotopic (exact) mass is 654 g/mol. The molecule has 258 valence electrons. The number of cyclic esters (lactones) is 2. The summed E-state index contributed by atoms with van der Waals surface area (Å²) in [4.78, 5) is 41.8. The van der Waals surface area contributed by atoms with Crippen LogP contribution in [-0.4, -0.2) is 70.7 Å². The third-order valence-corrected chi connectivity index (χ3v) is 14.2. The first kappa shape index (κ1) is 32.0. The minimum absolute atomic E-state index is 0.00527. The van der Waals surface area contributed by atoms with E-state index in [9.17, 15) is 24.6 Å². The molecule has 4 saturated heterocycles. The number of esters is 2. The van der Waals surface area contributed by atoms with Gasteiger partial charge in [-0.1, -0.05) is 39.5 Å². The maximum Gasteiger partial charge on any atom is 0.339 e. The van der Waals surface area contributed by atoms with E-state index in [4.69, 9.17) is 23.4 Å². The van der Waals surface area contributed by atoms with Gasteiger partial charge in [-0.05, 0) is 69.8 Å². The Hall–Kier alpha value is -2.27. The van der Waals surface area contributed by atoms with Crippen molar-refractivity contribution < 1.29 is 48.0 Å². The fourth-order valence-corrected chi connectivity index (χ4v) is 12.7. The van der Waals surface area contributed by atoms with E-state index in [0.717, 1.165) is 50.5 Å². The number of rotatable bonds is 7. The van der Waals surface area contributed by atoms with Crippen LogP contribution in [0.3, 0.4) is 0 Å². The summed E-state index contributed by atoms with van der Waals surface area (Å²) in [6, 6.07) is 1.87. The molecule has 2 N–H and O–H groups in total. The van der Waals surface area contributed by atoms with Gasteiger partial charge in [0.05, 0.1) is 30.3 Å². The zero-order chi connectivity index (χ0) is 33.1. The predicted octanol–water partition coefficient (Wildman–Crippen LogP) is 4.62. The molecule has 0 unspecified atom stereocenters. The van der Waals surface area contributed by atoms with E-state index in [2.05, 4.69) is 13.8 Å². The van der Waals surface area contributed by atoms with Gasteiger partial charge < -0.3 is 33.6 Å². The largest absolute Gasteiger partial charge is 0.469 e. The minimum Gasteiger partial charge on any atom is -0.469 e. The molecule has 0 amide bonds. The molecule has 7 fully saturated rings. The molecule has 8 rings (SSSR count). The van der Waals surface area contributed by atoms with Crippen LogP contribution in [-0.2, 0) is 39.8 Å². The second-order valence-corrected chi connectivity index (χ2v) is 16.6. The van der Waals surface area contributed by atoms with Gasteiger partial charge in [0.15, 0.2) is 11.9 Å². The number of hydrogen-bond donors (Lipinski definition) is 2. The lowest BCUT2D eigenvalue weighted by atomic mass is 9.33. The van der Waals surface area contributed by atoms with Crippen molar-refractivity contribution in [1.29, 1.82) is 0 Å². The van der Waals surface area contributed by atoms with E-state index in [1.165, 1.54) is 0 Å². The van der Waals surface area contributed by atoms with Crippen molar-refractivity contribution in [3.8, 4) is 0 Å². The number of aliphatic hydroxyl groups is 2.